The fourth-order valence-corrected chi connectivity index (χ4v) is 2.77. The number of carboxylic acid groups (broad SMARTS) is 1. The summed E-state index contributed by atoms with van der Waals surface area (Å²) in [5.74, 6) is 0.0218. The number of methoxy groups -OCH3 is 1. The summed E-state index contributed by atoms with van der Waals surface area (Å²) in [6, 6.07) is 14.8. The molecule has 0 bridgehead atoms. The van der Waals surface area contributed by atoms with E-state index in [2.05, 4.69) is 20.1 Å². The van der Waals surface area contributed by atoms with E-state index in [4.69, 9.17) is 4.74 Å². The van der Waals surface area contributed by atoms with Crippen LogP contribution in [0.1, 0.15) is 18.7 Å². The van der Waals surface area contributed by atoms with Crippen LogP contribution in [0.3, 0.4) is 0 Å². The Labute approximate surface area is 154 Å². The monoisotopic (exact) mass is 363 g/mol. The molecule has 8 nitrogen and oxygen atoms in total. The molecule has 2 N–H and O–H groups in total. The normalized spacial score (nSPS) is 12.2. The molecule has 0 aliphatic carbocycles. The molecule has 0 aliphatic heterocycles. The summed E-state index contributed by atoms with van der Waals surface area (Å²) in [5.41, 5.74) is 2.36. The van der Waals surface area contributed by atoms with Crippen molar-refractivity contribution in [2.75, 3.05) is 7.11 Å². The highest BCUT2D eigenvalue weighted by Crippen LogP contribution is 2.25. The van der Waals surface area contributed by atoms with E-state index >= 15 is 0 Å². The van der Waals surface area contributed by atoms with Gasteiger partial charge in [0.05, 0.1) is 18.1 Å². The largest absolute Gasteiger partial charge is 0.497 e. The van der Waals surface area contributed by atoms with Crippen molar-refractivity contribution in [1.82, 2.24) is 24.7 Å². The number of H-pyrrole nitrogens is 1. The summed E-state index contributed by atoms with van der Waals surface area (Å²) >= 11 is 0. The molecule has 136 valence electrons. The second kappa shape index (κ2) is 6.56. The number of nitrogens with zero attached hydrogens (tertiary/aromatic N) is 4. The van der Waals surface area contributed by atoms with Crippen LogP contribution in [0.15, 0.2) is 48.5 Å². The third kappa shape index (κ3) is 3.01. The zero-order valence-electron chi connectivity index (χ0n) is 14.7. The van der Waals surface area contributed by atoms with E-state index in [0.29, 0.717) is 17.6 Å². The van der Waals surface area contributed by atoms with Crippen molar-refractivity contribution in [3.05, 3.63) is 54.4 Å². The molecule has 1 atom stereocenters. The standard InChI is InChI=1S/C19H17N5O3/c1-11(18(25)26)17-22-16(12-7-9-13(27-2)10-8-12)23-24(17)19-20-14-5-3-4-6-15(14)21-19/h3-11H,1-2H3,(H,20,21)(H,25,26). The predicted octanol–water partition coefficient (Wildman–Crippen LogP) is 3.01. The molecule has 2 heterocycles. The summed E-state index contributed by atoms with van der Waals surface area (Å²) in [7, 11) is 1.59. The number of hydrogen-bond donors (Lipinski definition) is 2. The fraction of sp³-hybridized carbons (Fsp3) is 0.158. The molecule has 8 heteroatoms. The minimum absolute atomic E-state index is 0.298. The molecular formula is C19H17N5O3. The second-order valence-corrected chi connectivity index (χ2v) is 6.07. The van der Waals surface area contributed by atoms with Gasteiger partial charge in [0.15, 0.2) is 5.82 Å². The fourth-order valence-electron chi connectivity index (χ4n) is 2.77. The number of hydrogen-bond acceptors (Lipinski definition) is 5. The van der Waals surface area contributed by atoms with Crippen molar-refractivity contribution in [2.45, 2.75) is 12.8 Å². The first kappa shape index (κ1) is 16.8. The van der Waals surface area contributed by atoms with E-state index in [1.165, 1.54) is 4.68 Å². The number of carbonyl (C=O) groups is 1. The topological polar surface area (TPSA) is 106 Å². The Balaban J connectivity index is 1.85. The first-order valence-electron chi connectivity index (χ1n) is 8.36. The molecular weight excluding hydrogens is 346 g/mol. The smallest absolute Gasteiger partial charge is 0.313 e. The van der Waals surface area contributed by atoms with Crippen LogP contribution in [0, 0.1) is 0 Å². The lowest BCUT2D eigenvalue weighted by molar-refractivity contribution is -0.138. The number of carboxylic acids is 1. The van der Waals surface area contributed by atoms with Gasteiger partial charge in [-0.25, -0.2) is 9.97 Å². The number of nitrogens with one attached hydrogen (secondary N) is 1. The van der Waals surface area contributed by atoms with Gasteiger partial charge in [0.25, 0.3) is 0 Å². The van der Waals surface area contributed by atoms with E-state index in [0.717, 1.165) is 22.3 Å². The van der Waals surface area contributed by atoms with Gasteiger partial charge in [-0.1, -0.05) is 12.1 Å². The average Bonchev–Trinajstić information content (AvgIpc) is 3.31. The molecule has 0 aliphatic rings. The van der Waals surface area contributed by atoms with Crippen LogP contribution >= 0.6 is 0 Å². The number of aromatic nitrogens is 5. The Hall–Kier alpha value is -3.68. The van der Waals surface area contributed by atoms with E-state index in [1.54, 1.807) is 26.2 Å². The SMILES string of the molecule is COc1ccc(-c2nc(C(C)C(=O)O)n(-c3nc4ccccc4[nH]3)n2)cc1. The van der Waals surface area contributed by atoms with Gasteiger partial charge in [0, 0.05) is 5.56 Å². The van der Waals surface area contributed by atoms with Gasteiger partial charge in [0.2, 0.25) is 5.95 Å². The number of para-hydroxylation sites is 2. The molecule has 2 aromatic heterocycles. The Kier molecular flexibility index (Phi) is 4.08. The zero-order valence-corrected chi connectivity index (χ0v) is 14.7. The van der Waals surface area contributed by atoms with Gasteiger partial charge in [0.1, 0.15) is 17.5 Å². The quantitative estimate of drug-likeness (QED) is 0.565. The lowest BCUT2D eigenvalue weighted by atomic mass is 10.1. The summed E-state index contributed by atoms with van der Waals surface area (Å²) in [6.45, 7) is 1.57. The molecule has 27 heavy (non-hydrogen) atoms. The van der Waals surface area contributed by atoms with Gasteiger partial charge in [-0.15, -0.1) is 5.10 Å². The third-order valence-corrected chi connectivity index (χ3v) is 4.32. The number of aliphatic carboxylic acids is 1. The number of rotatable bonds is 5. The highest BCUT2D eigenvalue weighted by Gasteiger charge is 2.25. The van der Waals surface area contributed by atoms with Gasteiger partial charge >= 0.3 is 5.97 Å². The van der Waals surface area contributed by atoms with Crippen molar-refractivity contribution >= 4 is 17.0 Å². The molecule has 0 saturated heterocycles. The molecule has 2 aromatic carbocycles. The van der Waals surface area contributed by atoms with Crippen molar-refractivity contribution < 1.29 is 14.6 Å². The Morgan fingerprint density at radius 3 is 2.56 bits per heavy atom. The van der Waals surface area contributed by atoms with Crippen LogP contribution in [0.5, 0.6) is 5.75 Å². The summed E-state index contributed by atoms with van der Waals surface area (Å²) < 4.78 is 6.62. The second-order valence-electron chi connectivity index (χ2n) is 6.07. The van der Waals surface area contributed by atoms with E-state index in [-0.39, 0.29) is 0 Å². The van der Waals surface area contributed by atoms with Crippen molar-refractivity contribution in [2.24, 2.45) is 0 Å². The summed E-state index contributed by atoms with van der Waals surface area (Å²) in [4.78, 5) is 23.7. The number of ether oxygens (including phenoxy) is 1. The van der Waals surface area contributed by atoms with Gasteiger partial charge in [-0.3, -0.25) is 4.79 Å². The van der Waals surface area contributed by atoms with Gasteiger partial charge in [-0.2, -0.15) is 4.68 Å². The van der Waals surface area contributed by atoms with Crippen LogP contribution in [0.2, 0.25) is 0 Å². The molecule has 0 spiro atoms. The summed E-state index contributed by atoms with van der Waals surface area (Å²) in [5, 5.41) is 14.0. The zero-order chi connectivity index (χ0) is 19.0. The van der Waals surface area contributed by atoms with E-state index in [1.807, 2.05) is 36.4 Å². The first-order valence-corrected chi connectivity index (χ1v) is 8.36. The first-order chi connectivity index (χ1) is 13.1. The maximum absolute atomic E-state index is 11.6. The Morgan fingerprint density at radius 1 is 1.15 bits per heavy atom. The van der Waals surface area contributed by atoms with Crippen molar-refractivity contribution in [3.8, 4) is 23.1 Å². The molecule has 4 rings (SSSR count). The minimum Gasteiger partial charge on any atom is -0.497 e. The molecule has 0 amide bonds. The third-order valence-electron chi connectivity index (χ3n) is 4.32. The number of aromatic amines is 1. The van der Waals surface area contributed by atoms with Crippen LogP contribution < -0.4 is 4.74 Å². The molecule has 0 fully saturated rings. The maximum Gasteiger partial charge on any atom is 0.313 e. The van der Waals surface area contributed by atoms with Crippen molar-refractivity contribution in [1.29, 1.82) is 0 Å². The molecule has 0 radical (unpaired) electrons. The van der Waals surface area contributed by atoms with Crippen LogP contribution in [-0.4, -0.2) is 42.9 Å². The van der Waals surface area contributed by atoms with Gasteiger partial charge in [-0.05, 0) is 43.3 Å². The molecule has 4 aromatic rings. The lowest BCUT2D eigenvalue weighted by Crippen LogP contribution is -2.15. The number of imidazole rings is 1. The Bertz CT molecular complexity index is 1080. The summed E-state index contributed by atoms with van der Waals surface area (Å²) in [6.07, 6.45) is 0. The van der Waals surface area contributed by atoms with E-state index in [9.17, 15) is 9.90 Å². The predicted molar refractivity (Wildman–Crippen MR) is 99.0 cm³/mol. The highest BCUT2D eigenvalue weighted by atomic mass is 16.5. The highest BCUT2D eigenvalue weighted by molar-refractivity contribution is 5.77. The average molecular weight is 363 g/mol. The maximum atomic E-state index is 11.6. The van der Waals surface area contributed by atoms with Gasteiger partial charge < -0.3 is 14.8 Å². The minimum atomic E-state index is -0.985. The molecule has 1 unspecified atom stereocenters. The molecule has 0 saturated carbocycles. The Morgan fingerprint density at radius 2 is 1.89 bits per heavy atom. The van der Waals surface area contributed by atoms with Crippen LogP contribution in [-0.2, 0) is 4.79 Å². The number of benzene rings is 2. The lowest BCUT2D eigenvalue weighted by Gasteiger charge is -2.05. The van der Waals surface area contributed by atoms with Crippen LogP contribution in [0.25, 0.3) is 28.4 Å². The van der Waals surface area contributed by atoms with Crippen LogP contribution in [0.4, 0.5) is 0 Å². The number of fused-ring (bicyclic) bond motifs is 1. The van der Waals surface area contributed by atoms with E-state index < -0.39 is 11.9 Å². The van der Waals surface area contributed by atoms with Crippen molar-refractivity contribution in [3.63, 3.8) is 0 Å².